The van der Waals surface area contributed by atoms with Crippen LogP contribution in [0.5, 0.6) is 0 Å². The molecule has 0 spiro atoms. The molecule has 1 amide bonds. The highest BCUT2D eigenvalue weighted by molar-refractivity contribution is 5.97. The number of nitrogens with one attached hydrogen (secondary N) is 1. The number of halogens is 1. The van der Waals surface area contributed by atoms with Gasteiger partial charge in [-0.05, 0) is 23.8 Å². The third-order valence-corrected chi connectivity index (χ3v) is 2.04. The van der Waals surface area contributed by atoms with Gasteiger partial charge in [-0.1, -0.05) is 0 Å². The minimum absolute atomic E-state index is 0.179. The van der Waals surface area contributed by atoms with E-state index in [2.05, 4.69) is 5.32 Å². The van der Waals surface area contributed by atoms with E-state index < -0.39 is 12.0 Å². The quantitative estimate of drug-likeness (QED) is 0.618. The highest BCUT2D eigenvalue weighted by Gasteiger charge is 2.23. The Morgan fingerprint density at radius 3 is 3.08 bits per heavy atom. The lowest BCUT2D eigenvalue weighted by molar-refractivity contribution is -0.124. The van der Waals surface area contributed by atoms with Gasteiger partial charge in [0.2, 0.25) is 0 Å². The highest BCUT2D eigenvalue weighted by Crippen LogP contribution is 2.22. The lowest BCUT2D eigenvalue weighted by atomic mass is 10.0. The normalized spacial score (nSPS) is 20.8. The molecule has 0 fully saturated rings. The number of amides is 1. The molecule has 4 heteroatoms. The maximum atomic E-state index is 12.7. The molecule has 1 aliphatic heterocycles. The second-order valence-corrected chi connectivity index (χ2v) is 3.01. The monoisotopic (exact) mass is 181 g/mol. The van der Waals surface area contributed by atoms with E-state index in [1.807, 2.05) is 0 Å². The number of aliphatic hydroxyl groups excluding tert-OH is 1. The number of carbonyl (C=O) groups excluding carboxylic acids is 1. The zero-order chi connectivity index (χ0) is 9.42. The minimum Gasteiger partial charge on any atom is -0.383 e. The molecule has 0 radical (unpaired) electrons. The SMILES string of the molecule is O=C1Nc2ccc(F)cc2C[C@@H]1O. The summed E-state index contributed by atoms with van der Waals surface area (Å²) in [5.74, 6) is -0.791. The number of benzene rings is 1. The lowest BCUT2D eigenvalue weighted by Crippen LogP contribution is -2.34. The predicted octanol–water partition coefficient (Wildman–Crippen LogP) is 0.681. The molecule has 13 heavy (non-hydrogen) atoms. The Morgan fingerprint density at radius 1 is 1.54 bits per heavy atom. The Balaban J connectivity index is 2.42. The first-order chi connectivity index (χ1) is 6.16. The van der Waals surface area contributed by atoms with Crippen LogP contribution in [0.25, 0.3) is 0 Å². The van der Waals surface area contributed by atoms with Gasteiger partial charge in [0, 0.05) is 12.1 Å². The van der Waals surface area contributed by atoms with E-state index in [4.69, 9.17) is 0 Å². The molecule has 1 aliphatic rings. The summed E-state index contributed by atoms with van der Waals surface area (Å²) in [6.07, 6.45) is -0.881. The van der Waals surface area contributed by atoms with Gasteiger partial charge in [-0.15, -0.1) is 0 Å². The molecular weight excluding hydrogens is 173 g/mol. The third kappa shape index (κ3) is 1.40. The van der Waals surface area contributed by atoms with Crippen molar-refractivity contribution < 1.29 is 14.3 Å². The Morgan fingerprint density at radius 2 is 2.31 bits per heavy atom. The molecule has 2 rings (SSSR count). The van der Waals surface area contributed by atoms with Crippen molar-refractivity contribution in [3.63, 3.8) is 0 Å². The summed E-state index contributed by atoms with van der Waals surface area (Å²) in [4.78, 5) is 11.0. The summed E-state index contributed by atoms with van der Waals surface area (Å²) >= 11 is 0. The number of aliphatic hydroxyl groups is 1. The summed E-state index contributed by atoms with van der Waals surface area (Å²) < 4.78 is 12.7. The zero-order valence-corrected chi connectivity index (χ0v) is 6.75. The maximum absolute atomic E-state index is 12.7. The van der Waals surface area contributed by atoms with Crippen LogP contribution in [0.4, 0.5) is 10.1 Å². The average molecular weight is 181 g/mol. The van der Waals surface area contributed by atoms with E-state index in [1.54, 1.807) is 0 Å². The molecule has 0 saturated heterocycles. The fourth-order valence-corrected chi connectivity index (χ4v) is 1.37. The molecule has 1 atom stereocenters. The predicted molar refractivity (Wildman–Crippen MR) is 44.7 cm³/mol. The minimum atomic E-state index is -1.06. The van der Waals surface area contributed by atoms with Crippen LogP contribution in [-0.4, -0.2) is 17.1 Å². The number of rotatable bonds is 0. The maximum Gasteiger partial charge on any atom is 0.253 e. The highest BCUT2D eigenvalue weighted by atomic mass is 19.1. The van der Waals surface area contributed by atoms with Crippen molar-refractivity contribution in [3.05, 3.63) is 29.6 Å². The van der Waals surface area contributed by atoms with Gasteiger partial charge >= 0.3 is 0 Å². The molecule has 0 aliphatic carbocycles. The molecule has 3 nitrogen and oxygen atoms in total. The first-order valence-electron chi connectivity index (χ1n) is 3.94. The summed E-state index contributed by atoms with van der Waals surface area (Å²) in [5, 5.41) is 11.7. The van der Waals surface area contributed by atoms with Crippen molar-refractivity contribution in [2.75, 3.05) is 5.32 Å². The number of anilines is 1. The summed E-state index contributed by atoms with van der Waals surface area (Å²) in [6.45, 7) is 0. The van der Waals surface area contributed by atoms with Crippen LogP contribution < -0.4 is 5.32 Å². The molecule has 2 N–H and O–H groups in total. The summed E-state index contributed by atoms with van der Waals surface area (Å²) in [5.41, 5.74) is 1.21. The Hall–Kier alpha value is -1.42. The fourth-order valence-electron chi connectivity index (χ4n) is 1.37. The molecule has 68 valence electrons. The van der Waals surface area contributed by atoms with Crippen LogP contribution in [0.2, 0.25) is 0 Å². The van der Waals surface area contributed by atoms with Crippen molar-refractivity contribution in [2.24, 2.45) is 0 Å². The van der Waals surface area contributed by atoms with Gasteiger partial charge in [-0.2, -0.15) is 0 Å². The van der Waals surface area contributed by atoms with Gasteiger partial charge in [-0.3, -0.25) is 4.79 Å². The van der Waals surface area contributed by atoms with Crippen molar-refractivity contribution in [2.45, 2.75) is 12.5 Å². The second-order valence-electron chi connectivity index (χ2n) is 3.01. The smallest absolute Gasteiger partial charge is 0.253 e. The molecule has 1 aromatic carbocycles. The van der Waals surface area contributed by atoms with Gasteiger partial charge in [0.15, 0.2) is 0 Å². The van der Waals surface area contributed by atoms with E-state index in [0.29, 0.717) is 11.3 Å². The largest absolute Gasteiger partial charge is 0.383 e. The second kappa shape index (κ2) is 2.81. The number of fused-ring (bicyclic) bond motifs is 1. The molecule has 0 aromatic heterocycles. The summed E-state index contributed by atoms with van der Waals surface area (Å²) in [7, 11) is 0. The third-order valence-electron chi connectivity index (χ3n) is 2.04. The number of hydrogen-bond donors (Lipinski definition) is 2. The molecule has 1 aromatic rings. The molecular formula is C9H8FNO2. The van der Waals surface area contributed by atoms with Crippen molar-refractivity contribution in [3.8, 4) is 0 Å². The van der Waals surface area contributed by atoms with Gasteiger partial charge in [0.05, 0.1) is 0 Å². The molecule has 0 saturated carbocycles. The average Bonchev–Trinajstić information content (AvgIpc) is 2.08. The van der Waals surface area contributed by atoms with E-state index >= 15 is 0 Å². The van der Waals surface area contributed by atoms with Gasteiger partial charge in [0.1, 0.15) is 11.9 Å². The van der Waals surface area contributed by atoms with Crippen molar-refractivity contribution in [1.82, 2.24) is 0 Å². The Kier molecular flexibility index (Phi) is 1.77. The standard InChI is InChI=1S/C9H8FNO2/c10-6-1-2-7-5(3-6)4-8(12)9(13)11-7/h1-3,8,12H,4H2,(H,11,13)/t8-/m0/s1. The Bertz CT molecular complexity index is 365. The summed E-state index contributed by atoms with van der Waals surface area (Å²) in [6, 6.07) is 4.09. The van der Waals surface area contributed by atoms with E-state index in [1.165, 1.54) is 18.2 Å². The van der Waals surface area contributed by atoms with Crippen LogP contribution in [0.3, 0.4) is 0 Å². The lowest BCUT2D eigenvalue weighted by Gasteiger charge is -2.20. The van der Waals surface area contributed by atoms with Crippen LogP contribution in [-0.2, 0) is 11.2 Å². The van der Waals surface area contributed by atoms with Crippen LogP contribution in [0.15, 0.2) is 18.2 Å². The van der Waals surface area contributed by atoms with Crippen LogP contribution in [0, 0.1) is 5.82 Å². The first-order valence-corrected chi connectivity index (χ1v) is 3.94. The Labute approximate surface area is 74.2 Å². The van der Waals surface area contributed by atoms with Crippen LogP contribution >= 0.6 is 0 Å². The van der Waals surface area contributed by atoms with Crippen LogP contribution in [0.1, 0.15) is 5.56 Å². The van der Waals surface area contributed by atoms with Gasteiger partial charge in [0.25, 0.3) is 5.91 Å². The molecule has 1 heterocycles. The van der Waals surface area contributed by atoms with E-state index in [9.17, 15) is 14.3 Å². The molecule has 0 bridgehead atoms. The van der Waals surface area contributed by atoms with E-state index in [-0.39, 0.29) is 12.2 Å². The fraction of sp³-hybridized carbons (Fsp3) is 0.222. The van der Waals surface area contributed by atoms with Gasteiger partial charge in [-0.25, -0.2) is 4.39 Å². The van der Waals surface area contributed by atoms with E-state index in [0.717, 1.165) is 0 Å². The van der Waals surface area contributed by atoms with Crippen molar-refractivity contribution >= 4 is 11.6 Å². The topological polar surface area (TPSA) is 49.3 Å². The van der Waals surface area contributed by atoms with Crippen molar-refractivity contribution in [1.29, 1.82) is 0 Å². The number of carbonyl (C=O) groups is 1. The number of hydrogen-bond acceptors (Lipinski definition) is 2. The molecule has 0 unspecified atom stereocenters. The first kappa shape index (κ1) is 8.19. The zero-order valence-electron chi connectivity index (χ0n) is 6.75. The van der Waals surface area contributed by atoms with Gasteiger partial charge < -0.3 is 10.4 Å².